The quantitative estimate of drug-likeness (QED) is 0.535. The molecule has 0 bridgehead atoms. The molecule has 16 heavy (non-hydrogen) atoms. The van der Waals surface area contributed by atoms with Crippen molar-refractivity contribution >= 4 is 0 Å². The van der Waals surface area contributed by atoms with Crippen LogP contribution in [-0.2, 0) is 0 Å². The number of hydrogen-bond donors (Lipinski definition) is 3. The fraction of sp³-hybridized carbons (Fsp3) is 1.00. The molecular weight excluding hydrogens is 198 g/mol. The summed E-state index contributed by atoms with van der Waals surface area (Å²) in [6.07, 6.45) is 3.78. The van der Waals surface area contributed by atoms with Gasteiger partial charge in [-0.05, 0) is 59.5 Å². The zero-order valence-electron chi connectivity index (χ0n) is 12.4. The average molecular weight is 233 g/mol. The Bertz CT molecular complexity index is 67.6. The summed E-state index contributed by atoms with van der Waals surface area (Å²) in [5, 5.41) is 9.68. The highest BCUT2D eigenvalue weighted by molar-refractivity contribution is 4.51. The summed E-state index contributed by atoms with van der Waals surface area (Å²) in [4.78, 5) is 0. The molecule has 0 saturated carbocycles. The molecule has 0 fully saturated rings. The van der Waals surface area contributed by atoms with E-state index in [4.69, 9.17) is 0 Å². The Morgan fingerprint density at radius 2 is 0.938 bits per heavy atom. The van der Waals surface area contributed by atoms with Gasteiger partial charge in [0.05, 0.1) is 0 Å². The monoisotopic (exact) mass is 233 g/mol. The van der Waals surface area contributed by atoms with E-state index < -0.39 is 0 Å². The van der Waals surface area contributed by atoms with Crippen LogP contribution in [0, 0.1) is 0 Å². The van der Waals surface area contributed by atoms with E-state index in [2.05, 4.69) is 16.0 Å². The van der Waals surface area contributed by atoms with Crippen molar-refractivity contribution in [3.05, 3.63) is 0 Å². The van der Waals surface area contributed by atoms with Gasteiger partial charge in [0.25, 0.3) is 0 Å². The van der Waals surface area contributed by atoms with E-state index in [1.54, 1.807) is 0 Å². The van der Waals surface area contributed by atoms with E-state index in [1.807, 2.05) is 41.8 Å². The van der Waals surface area contributed by atoms with Crippen molar-refractivity contribution in [2.24, 2.45) is 0 Å². The maximum atomic E-state index is 3.41. The standard InChI is InChI=1S/C9H23N3.2C2H6/c1-10-6-3-4-8-12-9-5-7-11-2;2*1-2/h10-12H,3-9H2,1-2H3;2*1-2H3. The van der Waals surface area contributed by atoms with Gasteiger partial charge in [-0.25, -0.2) is 0 Å². The van der Waals surface area contributed by atoms with E-state index in [-0.39, 0.29) is 0 Å². The lowest BCUT2D eigenvalue weighted by atomic mass is 10.3. The van der Waals surface area contributed by atoms with Gasteiger partial charge in [0.15, 0.2) is 0 Å². The summed E-state index contributed by atoms with van der Waals surface area (Å²) in [5.41, 5.74) is 0. The normalized spacial score (nSPS) is 8.62. The van der Waals surface area contributed by atoms with Crippen LogP contribution in [0.3, 0.4) is 0 Å². The molecule has 3 N–H and O–H groups in total. The Balaban J connectivity index is -0.000000376. The smallest absolute Gasteiger partial charge is 0.00368 e. The minimum Gasteiger partial charge on any atom is -0.320 e. The Hall–Kier alpha value is -0.120. The molecule has 3 nitrogen and oxygen atoms in total. The summed E-state index contributed by atoms with van der Waals surface area (Å²) in [6, 6.07) is 0. The molecular formula is C13H35N3. The maximum absolute atomic E-state index is 3.41. The lowest BCUT2D eigenvalue weighted by molar-refractivity contribution is 0.582. The molecule has 3 heteroatoms. The zero-order chi connectivity index (χ0) is 13.1. The van der Waals surface area contributed by atoms with Gasteiger partial charge < -0.3 is 16.0 Å². The minimum atomic E-state index is 1.11. The number of unbranched alkanes of at least 4 members (excludes halogenated alkanes) is 1. The van der Waals surface area contributed by atoms with Crippen molar-refractivity contribution in [3.8, 4) is 0 Å². The van der Waals surface area contributed by atoms with Crippen LogP contribution in [0.1, 0.15) is 47.0 Å². The molecule has 0 aromatic heterocycles. The largest absolute Gasteiger partial charge is 0.320 e. The third-order valence-electron chi connectivity index (χ3n) is 1.81. The lowest BCUT2D eigenvalue weighted by Gasteiger charge is -2.03. The highest BCUT2D eigenvalue weighted by Gasteiger charge is 1.87. The molecule has 0 aliphatic heterocycles. The first-order chi connectivity index (χ1) is 7.91. The van der Waals surface area contributed by atoms with Crippen LogP contribution < -0.4 is 16.0 Å². The van der Waals surface area contributed by atoms with Gasteiger partial charge in [0.1, 0.15) is 0 Å². The fourth-order valence-electron chi connectivity index (χ4n) is 1.07. The third-order valence-corrected chi connectivity index (χ3v) is 1.81. The van der Waals surface area contributed by atoms with Crippen molar-refractivity contribution in [1.82, 2.24) is 16.0 Å². The number of nitrogens with one attached hydrogen (secondary N) is 3. The summed E-state index contributed by atoms with van der Waals surface area (Å²) in [6.45, 7) is 12.5. The molecule has 0 aliphatic rings. The lowest BCUT2D eigenvalue weighted by Crippen LogP contribution is -2.21. The average Bonchev–Trinajstić information content (AvgIpc) is 2.38. The van der Waals surface area contributed by atoms with Crippen LogP contribution in [0.25, 0.3) is 0 Å². The molecule has 0 aromatic carbocycles. The van der Waals surface area contributed by atoms with Crippen molar-refractivity contribution < 1.29 is 0 Å². The Kier molecular flexibility index (Phi) is 38.9. The molecule has 0 rings (SSSR count). The van der Waals surface area contributed by atoms with E-state index in [1.165, 1.54) is 19.3 Å². The molecule has 0 aliphatic carbocycles. The van der Waals surface area contributed by atoms with Crippen molar-refractivity contribution in [3.63, 3.8) is 0 Å². The van der Waals surface area contributed by atoms with Crippen LogP contribution in [-0.4, -0.2) is 40.3 Å². The first-order valence-electron chi connectivity index (χ1n) is 6.91. The summed E-state index contributed by atoms with van der Waals surface area (Å²) in [7, 11) is 3.99. The topological polar surface area (TPSA) is 36.1 Å². The molecule has 0 amide bonds. The van der Waals surface area contributed by atoms with Gasteiger partial charge in [-0.15, -0.1) is 0 Å². The first-order valence-corrected chi connectivity index (χ1v) is 6.91. The summed E-state index contributed by atoms with van der Waals surface area (Å²) < 4.78 is 0. The molecule has 0 unspecified atom stereocenters. The Morgan fingerprint density at radius 1 is 0.562 bits per heavy atom. The van der Waals surface area contributed by atoms with E-state index in [9.17, 15) is 0 Å². The molecule has 0 saturated heterocycles. The maximum Gasteiger partial charge on any atom is -0.00368 e. The predicted octanol–water partition coefficient (Wildman–Crippen LogP) is 2.24. The molecule has 0 heterocycles. The van der Waals surface area contributed by atoms with E-state index in [0.717, 1.165) is 26.2 Å². The molecule has 102 valence electrons. The second kappa shape index (κ2) is 29.4. The van der Waals surface area contributed by atoms with Crippen LogP contribution in [0.5, 0.6) is 0 Å². The van der Waals surface area contributed by atoms with E-state index >= 15 is 0 Å². The number of rotatable bonds is 9. The molecule has 0 atom stereocenters. The second-order valence-corrected chi connectivity index (χ2v) is 3.02. The van der Waals surface area contributed by atoms with Gasteiger partial charge in [-0.1, -0.05) is 27.7 Å². The van der Waals surface area contributed by atoms with Crippen molar-refractivity contribution in [2.75, 3.05) is 40.3 Å². The predicted molar refractivity (Wildman–Crippen MR) is 77.3 cm³/mol. The van der Waals surface area contributed by atoms with Gasteiger partial charge in [0, 0.05) is 0 Å². The fourth-order valence-corrected chi connectivity index (χ4v) is 1.07. The third kappa shape index (κ3) is 29.2. The minimum absolute atomic E-state index is 1.11. The van der Waals surface area contributed by atoms with Gasteiger partial charge in [-0.2, -0.15) is 0 Å². The molecule has 0 aromatic rings. The first kappa shape index (κ1) is 21.2. The molecule has 0 radical (unpaired) electrons. The SMILES string of the molecule is CC.CC.CNCCCCNCCCNC. The summed E-state index contributed by atoms with van der Waals surface area (Å²) in [5.74, 6) is 0. The second-order valence-electron chi connectivity index (χ2n) is 3.02. The van der Waals surface area contributed by atoms with Crippen molar-refractivity contribution in [2.45, 2.75) is 47.0 Å². The Morgan fingerprint density at radius 3 is 1.44 bits per heavy atom. The summed E-state index contributed by atoms with van der Waals surface area (Å²) >= 11 is 0. The van der Waals surface area contributed by atoms with Crippen LogP contribution >= 0.6 is 0 Å². The van der Waals surface area contributed by atoms with E-state index in [0.29, 0.717) is 0 Å². The molecule has 0 spiro atoms. The van der Waals surface area contributed by atoms with Crippen LogP contribution in [0.2, 0.25) is 0 Å². The van der Waals surface area contributed by atoms with Crippen LogP contribution in [0.4, 0.5) is 0 Å². The van der Waals surface area contributed by atoms with Crippen molar-refractivity contribution in [1.29, 1.82) is 0 Å². The number of hydrogen-bond acceptors (Lipinski definition) is 3. The van der Waals surface area contributed by atoms with Gasteiger partial charge in [-0.3, -0.25) is 0 Å². The zero-order valence-corrected chi connectivity index (χ0v) is 12.4. The van der Waals surface area contributed by atoms with Gasteiger partial charge >= 0.3 is 0 Å². The highest BCUT2D eigenvalue weighted by Crippen LogP contribution is 1.83. The van der Waals surface area contributed by atoms with Crippen LogP contribution in [0.15, 0.2) is 0 Å². The highest BCUT2D eigenvalue weighted by atomic mass is 14.9. The van der Waals surface area contributed by atoms with Gasteiger partial charge in [0.2, 0.25) is 0 Å². The Labute approximate surface area is 104 Å².